The molecule has 0 unspecified atom stereocenters. The molecule has 1 rings (SSSR count). The second kappa shape index (κ2) is 4.56. The molecule has 15 heavy (non-hydrogen) atoms. The van der Waals surface area contributed by atoms with Crippen molar-refractivity contribution < 1.29 is 13.2 Å². The third kappa shape index (κ3) is 3.52. The molecule has 1 radical (unpaired) electrons. The van der Waals surface area contributed by atoms with Crippen molar-refractivity contribution in [3.05, 3.63) is 40.2 Å². The van der Waals surface area contributed by atoms with E-state index in [-0.39, 0.29) is 5.92 Å². The van der Waals surface area contributed by atoms with E-state index < -0.39 is 11.7 Å². The number of rotatable bonds is 2. The monoisotopic (exact) mass is 279 g/mol. The van der Waals surface area contributed by atoms with Crippen molar-refractivity contribution in [3.63, 3.8) is 0 Å². The molecule has 0 atom stereocenters. The summed E-state index contributed by atoms with van der Waals surface area (Å²) < 4.78 is 37.9. The van der Waals surface area contributed by atoms with Gasteiger partial charge in [0.15, 0.2) is 0 Å². The Bertz CT molecular complexity index is 342. The molecular formula is C11H11BrF3. The largest absolute Gasteiger partial charge is 0.416 e. The Hall–Kier alpha value is -0.510. The fourth-order valence-electron chi connectivity index (χ4n) is 1.21. The zero-order valence-electron chi connectivity index (χ0n) is 8.40. The summed E-state index contributed by atoms with van der Waals surface area (Å²) in [6.45, 7) is 3.85. The van der Waals surface area contributed by atoms with Crippen LogP contribution in [0.25, 0.3) is 0 Å². The van der Waals surface area contributed by atoms with E-state index in [9.17, 15) is 13.2 Å². The standard InChI is InChI=1S/C11H11BrF3/c1-7(2)5-8-6-9(11(13,14)15)3-4-10(8)12/h3-7H,1-2H3. The second-order valence-corrected chi connectivity index (χ2v) is 4.50. The van der Waals surface area contributed by atoms with Crippen LogP contribution in [-0.4, -0.2) is 0 Å². The number of hydrogen-bond donors (Lipinski definition) is 0. The van der Waals surface area contributed by atoms with Crippen molar-refractivity contribution >= 4 is 15.9 Å². The van der Waals surface area contributed by atoms with Gasteiger partial charge in [-0.2, -0.15) is 13.2 Å². The van der Waals surface area contributed by atoms with Crippen LogP contribution in [0.4, 0.5) is 13.2 Å². The maximum Gasteiger partial charge on any atom is 0.416 e. The molecule has 0 aliphatic carbocycles. The van der Waals surface area contributed by atoms with Gasteiger partial charge in [-0.25, -0.2) is 0 Å². The molecule has 0 bridgehead atoms. The van der Waals surface area contributed by atoms with Crippen LogP contribution in [0, 0.1) is 12.3 Å². The Kier molecular flexibility index (Phi) is 3.82. The van der Waals surface area contributed by atoms with Gasteiger partial charge >= 0.3 is 6.18 Å². The smallest absolute Gasteiger partial charge is 0.166 e. The summed E-state index contributed by atoms with van der Waals surface area (Å²) >= 11 is 3.23. The summed E-state index contributed by atoms with van der Waals surface area (Å²) in [5.74, 6) is 0.213. The SMILES string of the molecule is CC(C)[CH]c1cc(C(F)(F)F)ccc1Br. The molecule has 1 aromatic rings. The molecule has 0 aromatic heterocycles. The maximum atomic E-state index is 12.4. The van der Waals surface area contributed by atoms with Gasteiger partial charge in [0.1, 0.15) is 0 Å². The van der Waals surface area contributed by atoms with Crippen molar-refractivity contribution in [1.82, 2.24) is 0 Å². The van der Waals surface area contributed by atoms with Gasteiger partial charge in [-0.05, 0) is 36.1 Å². The van der Waals surface area contributed by atoms with Crippen molar-refractivity contribution in [1.29, 1.82) is 0 Å². The maximum absolute atomic E-state index is 12.4. The Morgan fingerprint density at radius 3 is 2.33 bits per heavy atom. The average Bonchev–Trinajstić information content (AvgIpc) is 2.06. The summed E-state index contributed by atoms with van der Waals surface area (Å²) in [6, 6.07) is 3.66. The lowest BCUT2D eigenvalue weighted by Gasteiger charge is -2.11. The van der Waals surface area contributed by atoms with Gasteiger partial charge in [0.05, 0.1) is 5.56 Å². The summed E-state index contributed by atoms with van der Waals surface area (Å²) in [5.41, 5.74) is -0.0302. The molecule has 0 N–H and O–H groups in total. The van der Waals surface area contributed by atoms with Gasteiger partial charge < -0.3 is 0 Å². The van der Waals surface area contributed by atoms with Crippen LogP contribution in [0.2, 0.25) is 0 Å². The number of halogens is 4. The highest BCUT2D eigenvalue weighted by Gasteiger charge is 2.30. The molecule has 0 aliphatic heterocycles. The average molecular weight is 280 g/mol. The van der Waals surface area contributed by atoms with Gasteiger partial charge in [0, 0.05) is 4.47 Å². The number of hydrogen-bond acceptors (Lipinski definition) is 0. The van der Waals surface area contributed by atoms with E-state index >= 15 is 0 Å². The summed E-state index contributed by atoms with van der Waals surface area (Å²) in [7, 11) is 0. The van der Waals surface area contributed by atoms with E-state index in [1.54, 1.807) is 6.42 Å². The van der Waals surface area contributed by atoms with Crippen molar-refractivity contribution in [2.24, 2.45) is 5.92 Å². The molecule has 0 nitrogen and oxygen atoms in total. The molecule has 0 saturated carbocycles. The first-order valence-corrected chi connectivity index (χ1v) is 5.31. The molecule has 1 aromatic carbocycles. The van der Waals surface area contributed by atoms with E-state index in [1.165, 1.54) is 6.07 Å². The van der Waals surface area contributed by atoms with Gasteiger partial charge in [-0.3, -0.25) is 0 Å². The highest BCUT2D eigenvalue weighted by molar-refractivity contribution is 9.10. The minimum Gasteiger partial charge on any atom is -0.166 e. The van der Waals surface area contributed by atoms with Gasteiger partial charge in [-0.15, -0.1) is 0 Å². The first kappa shape index (κ1) is 12.6. The van der Waals surface area contributed by atoms with Gasteiger partial charge in [0.25, 0.3) is 0 Å². The van der Waals surface area contributed by atoms with E-state index in [2.05, 4.69) is 15.9 Å². The predicted octanol–water partition coefficient (Wildman–Crippen LogP) is 4.68. The molecule has 0 aliphatic rings. The van der Waals surface area contributed by atoms with Gasteiger partial charge in [0.2, 0.25) is 0 Å². The molecule has 83 valence electrons. The third-order valence-corrected chi connectivity index (χ3v) is 2.56. The molecular weight excluding hydrogens is 269 g/mol. The summed E-state index contributed by atoms with van der Waals surface area (Å²) in [5, 5.41) is 0. The first-order chi connectivity index (χ1) is 6.80. The number of alkyl halides is 3. The van der Waals surface area contributed by atoms with E-state index in [4.69, 9.17) is 0 Å². The van der Waals surface area contributed by atoms with Crippen LogP contribution in [0.15, 0.2) is 22.7 Å². The Labute approximate surface area is 95.6 Å². The zero-order valence-corrected chi connectivity index (χ0v) is 9.98. The van der Waals surface area contributed by atoms with E-state index in [0.717, 1.165) is 12.1 Å². The zero-order chi connectivity index (χ0) is 11.6. The minimum absolute atomic E-state index is 0.213. The van der Waals surface area contributed by atoms with Crippen LogP contribution in [-0.2, 0) is 6.18 Å². The van der Waals surface area contributed by atoms with Crippen LogP contribution < -0.4 is 0 Å². The first-order valence-electron chi connectivity index (χ1n) is 4.52. The van der Waals surface area contributed by atoms with Gasteiger partial charge in [-0.1, -0.05) is 29.8 Å². The van der Waals surface area contributed by atoms with Crippen LogP contribution >= 0.6 is 15.9 Å². The third-order valence-electron chi connectivity index (χ3n) is 1.84. The molecule has 0 heterocycles. The van der Waals surface area contributed by atoms with Crippen LogP contribution in [0.3, 0.4) is 0 Å². The predicted molar refractivity (Wildman–Crippen MR) is 57.4 cm³/mol. The summed E-state index contributed by atoms with van der Waals surface area (Å²) in [6.07, 6.45) is -2.49. The van der Waals surface area contributed by atoms with Crippen molar-refractivity contribution in [2.45, 2.75) is 20.0 Å². The topological polar surface area (TPSA) is 0 Å². The highest BCUT2D eigenvalue weighted by atomic mass is 79.9. The van der Waals surface area contributed by atoms with Crippen molar-refractivity contribution in [2.75, 3.05) is 0 Å². The Balaban J connectivity index is 3.06. The normalized spacial score (nSPS) is 12.2. The molecule has 0 saturated heterocycles. The molecule has 0 amide bonds. The number of benzene rings is 1. The molecule has 0 spiro atoms. The Morgan fingerprint density at radius 2 is 1.87 bits per heavy atom. The van der Waals surface area contributed by atoms with Crippen molar-refractivity contribution in [3.8, 4) is 0 Å². The lowest BCUT2D eigenvalue weighted by molar-refractivity contribution is -0.137. The quantitative estimate of drug-likeness (QED) is 0.738. The lowest BCUT2D eigenvalue weighted by atomic mass is 10.0. The van der Waals surface area contributed by atoms with E-state index in [0.29, 0.717) is 10.0 Å². The second-order valence-electron chi connectivity index (χ2n) is 3.64. The lowest BCUT2D eigenvalue weighted by Crippen LogP contribution is -2.06. The summed E-state index contributed by atoms with van der Waals surface area (Å²) in [4.78, 5) is 0. The fraction of sp³-hybridized carbons (Fsp3) is 0.364. The minimum atomic E-state index is -4.28. The highest BCUT2D eigenvalue weighted by Crippen LogP contribution is 2.32. The van der Waals surface area contributed by atoms with E-state index in [1.807, 2.05) is 13.8 Å². The van der Waals surface area contributed by atoms with Crippen LogP contribution in [0.5, 0.6) is 0 Å². The Morgan fingerprint density at radius 1 is 1.27 bits per heavy atom. The fourth-order valence-corrected chi connectivity index (χ4v) is 1.59. The van der Waals surface area contributed by atoms with Crippen LogP contribution in [0.1, 0.15) is 25.0 Å². The molecule has 4 heteroatoms. The molecule has 0 fully saturated rings.